The molecule has 0 saturated heterocycles. The molecule has 2 aromatic heterocycles. The molecule has 7 heteroatoms. The number of nitrogens with one attached hydrogen (secondary N) is 1. The number of thioether (sulfide) groups is 1. The van der Waals surface area contributed by atoms with Crippen LogP contribution in [0.1, 0.15) is 78.1 Å². The molecule has 1 N–H and O–H groups in total. The molecule has 27 heavy (non-hydrogen) atoms. The minimum absolute atomic E-state index is 0.353. The molecule has 0 bridgehead atoms. The molecule has 0 fully saturated rings. The number of aromatic amines is 1. The van der Waals surface area contributed by atoms with Crippen LogP contribution in [0.15, 0.2) is 14.7 Å². The summed E-state index contributed by atoms with van der Waals surface area (Å²) in [5.74, 6) is 0.992. The number of aryl methyl sites for hydroxylation is 2. The second-order valence-electron chi connectivity index (χ2n) is 7.16. The first-order valence-corrected chi connectivity index (χ1v) is 11.4. The maximum Gasteiger partial charge on any atom is 0.329 e. The summed E-state index contributed by atoms with van der Waals surface area (Å²) in [4.78, 5) is 30.9. The van der Waals surface area contributed by atoms with Crippen molar-refractivity contribution in [2.75, 3.05) is 5.75 Å². The van der Waals surface area contributed by atoms with Gasteiger partial charge in [0.25, 0.3) is 5.56 Å². The van der Waals surface area contributed by atoms with Crippen LogP contribution in [0.25, 0.3) is 11.2 Å². The topological polar surface area (TPSA) is 72.7 Å². The van der Waals surface area contributed by atoms with Gasteiger partial charge in [-0.05, 0) is 13.3 Å². The van der Waals surface area contributed by atoms with Crippen molar-refractivity contribution in [2.45, 2.75) is 89.8 Å². The zero-order valence-electron chi connectivity index (χ0n) is 17.1. The summed E-state index contributed by atoms with van der Waals surface area (Å²) in [6, 6.07) is 0. The van der Waals surface area contributed by atoms with Gasteiger partial charge in [0.15, 0.2) is 16.3 Å². The number of rotatable bonds is 13. The Bertz CT molecular complexity index is 822. The molecule has 0 saturated carbocycles. The Kier molecular flexibility index (Phi) is 9.18. The van der Waals surface area contributed by atoms with Crippen molar-refractivity contribution >= 4 is 22.9 Å². The Morgan fingerprint density at radius 2 is 1.52 bits per heavy atom. The lowest BCUT2D eigenvalue weighted by Gasteiger charge is -2.05. The molecule has 2 rings (SSSR count). The number of nitrogens with zero attached hydrogens (tertiary/aromatic N) is 3. The lowest BCUT2D eigenvalue weighted by atomic mass is 10.1. The Morgan fingerprint density at radius 1 is 0.926 bits per heavy atom. The Morgan fingerprint density at radius 3 is 2.11 bits per heavy atom. The van der Waals surface area contributed by atoms with Crippen LogP contribution >= 0.6 is 11.8 Å². The van der Waals surface area contributed by atoms with E-state index in [1.807, 2.05) is 11.5 Å². The maximum absolute atomic E-state index is 12.2. The number of fused-ring (bicyclic) bond motifs is 1. The summed E-state index contributed by atoms with van der Waals surface area (Å²) in [7, 11) is 1.64. The van der Waals surface area contributed by atoms with Gasteiger partial charge in [0.1, 0.15) is 0 Å². The predicted molar refractivity (Wildman–Crippen MR) is 114 cm³/mol. The van der Waals surface area contributed by atoms with Crippen molar-refractivity contribution in [2.24, 2.45) is 7.05 Å². The second-order valence-corrected chi connectivity index (χ2v) is 8.22. The van der Waals surface area contributed by atoms with Gasteiger partial charge < -0.3 is 4.57 Å². The first-order valence-electron chi connectivity index (χ1n) is 10.4. The van der Waals surface area contributed by atoms with Crippen molar-refractivity contribution < 1.29 is 0 Å². The number of aromatic nitrogens is 4. The van der Waals surface area contributed by atoms with Crippen LogP contribution < -0.4 is 11.2 Å². The summed E-state index contributed by atoms with van der Waals surface area (Å²) in [5.41, 5.74) is 0.189. The molecule has 152 valence electrons. The summed E-state index contributed by atoms with van der Waals surface area (Å²) in [5, 5.41) is 0.829. The molecule has 0 aliphatic heterocycles. The van der Waals surface area contributed by atoms with Gasteiger partial charge in [0, 0.05) is 19.3 Å². The molecule has 0 unspecified atom stereocenters. The van der Waals surface area contributed by atoms with Gasteiger partial charge in [-0.2, -0.15) is 0 Å². The third-order valence-electron chi connectivity index (χ3n) is 5.02. The van der Waals surface area contributed by atoms with Gasteiger partial charge in [0.05, 0.1) is 0 Å². The molecule has 0 atom stereocenters. The smallest absolute Gasteiger partial charge is 0.313 e. The first kappa shape index (κ1) is 21.8. The van der Waals surface area contributed by atoms with Crippen molar-refractivity contribution in [1.82, 2.24) is 19.1 Å². The van der Waals surface area contributed by atoms with E-state index < -0.39 is 5.69 Å². The van der Waals surface area contributed by atoms with Gasteiger partial charge in [-0.3, -0.25) is 14.3 Å². The average molecular weight is 395 g/mol. The standard InChI is InChI=1S/C20H34N4O2S/c1-4-6-7-8-9-10-11-12-13-14-15-27-20-21-17-16(24(20)5-2)18(25)22-19(26)23(17)3/h4-15H2,1-3H3,(H,22,25,26). The normalized spacial score (nSPS) is 11.5. The molecule has 0 spiro atoms. The highest BCUT2D eigenvalue weighted by molar-refractivity contribution is 7.99. The Labute approximate surface area is 165 Å². The van der Waals surface area contributed by atoms with Crippen LogP contribution in [0.4, 0.5) is 0 Å². The molecule has 0 aliphatic rings. The quantitative estimate of drug-likeness (QED) is 0.402. The zero-order chi connectivity index (χ0) is 19.6. The molecule has 0 radical (unpaired) electrons. The number of imidazole rings is 1. The van der Waals surface area contributed by atoms with E-state index in [-0.39, 0.29) is 5.56 Å². The third kappa shape index (κ3) is 5.99. The molecule has 0 amide bonds. The number of hydrogen-bond acceptors (Lipinski definition) is 4. The molecule has 0 aromatic carbocycles. The molecule has 0 aliphatic carbocycles. The predicted octanol–water partition coefficient (Wildman–Crippen LogP) is 4.46. The van der Waals surface area contributed by atoms with E-state index in [0.29, 0.717) is 17.7 Å². The average Bonchev–Trinajstić information content (AvgIpc) is 3.03. The lowest BCUT2D eigenvalue weighted by molar-refractivity contribution is 0.563. The van der Waals surface area contributed by atoms with Crippen LogP contribution in [0, 0.1) is 0 Å². The van der Waals surface area contributed by atoms with Gasteiger partial charge >= 0.3 is 5.69 Å². The van der Waals surface area contributed by atoms with E-state index in [9.17, 15) is 9.59 Å². The van der Waals surface area contributed by atoms with Gasteiger partial charge in [-0.1, -0.05) is 76.5 Å². The first-order chi connectivity index (χ1) is 13.1. The number of H-pyrrole nitrogens is 1. The fourth-order valence-electron chi connectivity index (χ4n) is 3.37. The van der Waals surface area contributed by atoms with Crippen molar-refractivity contribution in [3.8, 4) is 0 Å². The van der Waals surface area contributed by atoms with Crippen LogP contribution in [0.3, 0.4) is 0 Å². The SMILES string of the molecule is CCCCCCCCCCCCSc1nc2c(c(=O)[nH]c(=O)n2C)n1CC. The number of hydrogen-bond donors (Lipinski definition) is 1. The molecule has 2 heterocycles. The third-order valence-corrected chi connectivity index (χ3v) is 6.08. The minimum Gasteiger partial charge on any atom is -0.313 e. The maximum atomic E-state index is 12.2. The summed E-state index contributed by atoms with van der Waals surface area (Å²) in [6.45, 7) is 4.92. The second kappa shape index (κ2) is 11.4. The molecule has 6 nitrogen and oxygen atoms in total. The Balaban J connectivity index is 1.77. The fraction of sp³-hybridized carbons (Fsp3) is 0.750. The number of unbranched alkanes of at least 4 members (excludes halogenated alkanes) is 9. The molecule has 2 aromatic rings. The molecular weight excluding hydrogens is 360 g/mol. The van der Waals surface area contributed by atoms with Gasteiger partial charge in [-0.25, -0.2) is 9.78 Å². The van der Waals surface area contributed by atoms with E-state index in [1.54, 1.807) is 18.8 Å². The van der Waals surface area contributed by atoms with E-state index in [2.05, 4.69) is 16.9 Å². The largest absolute Gasteiger partial charge is 0.329 e. The van der Waals surface area contributed by atoms with E-state index >= 15 is 0 Å². The highest BCUT2D eigenvalue weighted by Crippen LogP contribution is 2.23. The van der Waals surface area contributed by atoms with Crippen molar-refractivity contribution in [3.05, 3.63) is 20.8 Å². The van der Waals surface area contributed by atoms with E-state index in [0.717, 1.165) is 17.3 Å². The van der Waals surface area contributed by atoms with Crippen LogP contribution in [-0.4, -0.2) is 24.9 Å². The van der Waals surface area contributed by atoms with Gasteiger partial charge in [0.2, 0.25) is 0 Å². The van der Waals surface area contributed by atoms with Gasteiger partial charge in [-0.15, -0.1) is 0 Å². The monoisotopic (exact) mass is 394 g/mol. The Hall–Kier alpha value is -1.50. The highest BCUT2D eigenvalue weighted by atomic mass is 32.2. The fourth-order valence-corrected chi connectivity index (χ4v) is 4.43. The van der Waals surface area contributed by atoms with Crippen molar-refractivity contribution in [1.29, 1.82) is 0 Å². The van der Waals surface area contributed by atoms with Crippen LogP contribution in [-0.2, 0) is 13.6 Å². The van der Waals surface area contributed by atoms with E-state index in [1.165, 1.54) is 62.4 Å². The molecular formula is C20H34N4O2S. The van der Waals surface area contributed by atoms with Crippen LogP contribution in [0.5, 0.6) is 0 Å². The van der Waals surface area contributed by atoms with E-state index in [4.69, 9.17) is 0 Å². The lowest BCUT2D eigenvalue weighted by Crippen LogP contribution is -2.29. The zero-order valence-corrected chi connectivity index (χ0v) is 17.9. The highest BCUT2D eigenvalue weighted by Gasteiger charge is 2.16. The van der Waals surface area contributed by atoms with Crippen molar-refractivity contribution in [3.63, 3.8) is 0 Å². The summed E-state index contributed by atoms with van der Waals surface area (Å²) < 4.78 is 3.32. The minimum atomic E-state index is -0.417. The van der Waals surface area contributed by atoms with Crippen LogP contribution in [0.2, 0.25) is 0 Å². The summed E-state index contributed by atoms with van der Waals surface area (Å²) >= 11 is 1.68. The summed E-state index contributed by atoms with van der Waals surface area (Å²) in [6.07, 6.45) is 13.2.